The van der Waals surface area contributed by atoms with Crippen molar-refractivity contribution in [3.05, 3.63) is 35.9 Å². The number of benzene rings is 2. The van der Waals surface area contributed by atoms with Gasteiger partial charge in [0.15, 0.2) is 23.6 Å². The van der Waals surface area contributed by atoms with Crippen molar-refractivity contribution in [1.82, 2.24) is 9.55 Å². The largest absolute Gasteiger partial charge is 0.497 e. The number of imidazole rings is 1. The molecule has 0 radical (unpaired) electrons. The zero-order valence-electron chi connectivity index (χ0n) is 16.1. The van der Waals surface area contributed by atoms with E-state index in [9.17, 15) is 0 Å². The van der Waals surface area contributed by atoms with Crippen molar-refractivity contribution >= 4 is 22.9 Å². The Morgan fingerprint density at radius 2 is 1.72 bits per heavy atom. The molecule has 9 nitrogen and oxygen atoms in total. The van der Waals surface area contributed by atoms with E-state index in [1.165, 1.54) is 0 Å². The number of nitrogens with one attached hydrogen (secondary N) is 1. The van der Waals surface area contributed by atoms with E-state index in [1.807, 2.05) is 34.9 Å². The molecule has 0 saturated heterocycles. The summed E-state index contributed by atoms with van der Waals surface area (Å²) in [5, 5.41) is 3.04. The molecule has 0 unspecified atom stereocenters. The smallest absolute Gasteiger partial charge is 0.212 e. The zero-order chi connectivity index (χ0) is 20.0. The molecule has 1 aromatic heterocycles. The second-order valence-corrected chi connectivity index (χ2v) is 6.80. The van der Waals surface area contributed by atoms with Gasteiger partial charge in [0.1, 0.15) is 11.5 Å². The van der Waals surface area contributed by atoms with Crippen molar-refractivity contribution in [3.8, 4) is 23.0 Å². The number of nitrogens with two attached hydrogens (primary N) is 1. The van der Waals surface area contributed by atoms with E-state index in [4.69, 9.17) is 29.7 Å². The molecule has 0 fully saturated rings. The first-order chi connectivity index (χ1) is 14.2. The summed E-state index contributed by atoms with van der Waals surface area (Å²) in [7, 11) is 3.23. The highest BCUT2D eigenvalue weighted by Crippen LogP contribution is 2.40. The van der Waals surface area contributed by atoms with Gasteiger partial charge in [-0.2, -0.15) is 0 Å². The van der Waals surface area contributed by atoms with Crippen LogP contribution in [0.25, 0.3) is 11.0 Å². The van der Waals surface area contributed by atoms with Gasteiger partial charge in [0.2, 0.25) is 5.95 Å². The Morgan fingerprint density at radius 1 is 1.03 bits per heavy atom. The summed E-state index contributed by atoms with van der Waals surface area (Å²) in [6.07, 6.45) is 0.400. The number of aliphatic imine (C=N–C) groups is 1. The van der Waals surface area contributed by atoms with Gasteiger partial charge in [-0.05, 0) is 12.1 Å². The number of fused-ring (bicyclic) bond motifs is 4. The molecule has 2 aliphatic rings. The summed E-state index contributed by atoms with van der Waals surface area (Å²) in [6.45, 7) is 1.23. The van der Waals surface area contributed by atoms with E-state index in [1.54, 1.807) is 14.2 Å². The Labute approximate surface area is 167 Å². The maximum Gasteiger partial charge on any atom is 0.212 e. The van der Waals surface area contributed by atoms with Crippen molar-refractivity contribution in [2.24, 2.45) is 10.7 Å². The maximum atomic E-state index is 6.06. The fourth-order valence-corrected chi connectivity index (χ4v) is 3.63. The van der Waals surface area contributed by atoms with Crippen LogP contribution < -0.4 is 30.0 Å². The monoisotopic (exact) mass is 395 g/mol. The highest BCUT2D eigenvalue weighted by atomic mass is 16.5. The maximum absolute atomic E-state index is 6.06. The van der Waals surface area contributed by atoms with Gasteiger partial charge in [0.05, 0.1) is 38.5 Å². The fraction of sp³-hybridized carbons (Fsp3) is 0.300. The van der Waals surface area contributed by atoms with Gasteiger partial charge in [0, 0.05) is 30.2 Å². The first kappa shape index (κ1) is 17.5. The molecule has 2 aliphatic heterocycles. The van der Waals surface area contributed by atoms with Crippen LogP contribution in [0.2, 0.25) is 0 Å². The van der Waals surface area contributed by atoms with Gasteiger partial charge in [-0.15, -0.1) is 0 Å². The van der Waals surface area contributed by atoms with E-state index >= 15 is 0 Å². The third kappa shape index (κ3) is 2.95. The number of anilines is 1. The molecule has 0 amide bonds. The second kappa shape index (κ2) is 6.77. The molecular weight excluding hydrogens is 374 g/mol. The van der Waals surface area contributed by atoms with Gasteiger partial charge in [-0.3, -0.25) is 9.88 Å². The second-order valence-electron chi connectivity index (χ2n) is 6.80. The molecule has 150 valence electrons. The highest BCUT2D eigenvalue weighted by Gasteiger charge is 2.27. The van der Waals surface area contributed by atoms with Crippen LogP contribution in [-0.4, -0.2) is 42.9 Å². The van der Waals surface area contributed by atoms with Gasteiger partial charge in [-0.1, -0.05) is 0 Å². The molecule has 0 spiro atoms. The first-order valence-electron chi connectivity index (χ1n) is 9.31. The highest BCUT2D eigenvalue weighted by molar-refractivity contribution is 5.95. The van der Waals surface area contributed by atoms with E-state index in [2.05, 4.69) is 10.3 Å². The third-order valence-corrected chi connectivity index (χ3v) is 4.98. The Morgan fingerprint density at radius 3 is 2.41 bits per heavy atom. The molecular formula is C20H21N5O4. The summed E-state index contributed by atoms with van der Waals surface area (Å²) < 4.78 is 24.5. The molecule has 2 aromatic carbocycles. The standard InChI is InChI=1S/C20H21N5O4/c1-26-12-6-11(7-13(8-12)27-2)18-23-19(21)24-20-22-14-9-16-17(10-15(14)25(18)20)29-5-3-4-28-16/h6-10,18H,3-5H2,1-2H3,(H3,21,22,23,24)/t18-/m0/s1. The SMILES string of the molecule is COc1cc(OC)cc([C@H]2N=C(N)Nc3nc4cc5c(cc4n32)OCCCO5)c1. The van der Waals surface area contributed by atoms with Crippen LogP contribution in [0.1, 0.15) is 18.2 Å². The number of hydrogen-bond acceptors (Lipinski definition) is 8. The number of ether oxygens (including phenoxy) is 4. The molecule has 0 bridgehead atoms. The molecule has 0 aliphatic carbocycles. The van der Waals surface area contributed by atoms with Gasteiger partial charge in [-0.25, -0.2) is 9.98 Å². The first-order valence-corrected chi connectivity index (χ1v) is 9.31. The molecule has 9 heteroatoms. The quantitative estimate of drug-likeness (QED) is 0.702. The van der Waals surface area contributed by atoms with Crippen molar-refractivity contribution in [2.45, 2.75) is 12.6 Å². The van der Waals surface area contributed by atoms with Crippen LogP contribution in [0.15, 0.2) is 35.3 Å². The molecule has 3 N–H and O–H groups in total. The van der Waals surface area contributed by atoms with Crippen molar-refractivity contribution in [1.29, 1.82) is 0 Å². The predicted octanol–water partition coefficient (Wildman–Crippen LogP) is 2.50. The molecule has 3 aromatic rings. The Kier molecular flexibility index (Phi) is 4.08. The number of guanidine groups is 1. The molecule has 3 heterocycles. The van der Waals surface area contributed by atoms with Crippen molar-refractivity contribution in [3.63, 3.8) is 0 Å². The molecule has 1 atom stereocenters. The van der Waals surface area contributed by atoms with Crippen LogP contribution in [0.3, 0.4) is 0 Å². The Bertz CT molecular complexity index is 1100. The predicted molar refractivity (Wildman–Crippen MR) is 108 cm³/mol. The summed E-state index contributed by atoms with van der Waals surface area (Å²) in [6, 6.07) is 9.47. The van der Waals surface area contributed by atoms with Crippen LogP contribution in [0.5, 0.6) is 23.0 Å². The topological polar surface area (TPSA) is 105 Å². The van der Waals surface area contributed by atoms with Crippen LogP contribution in [-0.2, 0) is 0 Å². The van der Waals surface area contributed by atoms with Gasteiger partial charge in [0.25, 0.3) is 0 Å². The molecule has 29 heavy (non-hydrogen) atoms. The van der Waals surface area contributed by atoms with Crippen LogP contribution in [0, 0.1) is 0 Å². The van der Waals surface area contributed by atoms with Crippen LogP contribution in [0.4, 0.5) is 5.95 Å². The van der Waals surface area contributed by atoms with E-state index in [0.717, 1.165) is 23.0 Å². The molecule has 0 saturated carbocycles. The average molecular weight is 395 g/mol. The van der Waals surface area contributed by atoms with Gasteiger partial charge >= 0.3 is 0 Å². The number of rotatable bonds is 3. The minimum atomic E-state index is -0.440. The van der Waals surface area contributed by atoms with Crippen molar-refractivity contribution in [2.75, 3.05) is 32.8 Å². The summed E-state index contributed by atoms with van der Waals surface area (Å²) in [4.78, 5) is 9.32. The summed E-state index contributed by atoms with van der Waals surface area (Å²) in [5.74, 6) is 3.61. The number of hydrogen-bond donors (Lipinski definition) is 2. The average Bonchev–Trinajstić information content (AvgIpc) is 2.92. The zero-order valence-corrected chi connectivity index (χ0v) is 16.1. The van der Waals surface area contributed by atoms with Crippen molar-refractivity contribution < 1.29 is 18.9 Å². The lowest BCUT2D eigenvalue weighted by molar-refractivity contribution is 0.297. The Balaban J connectivity index is 1.70. The Hall–Kier alpha value is -3.62. The van der Waals surface area contributed by atoms with E-state index < -0.39 is 6.17 Å². The normalized spacial score (nSPS) is 17.7. The lowest BCUT2D eigenvalue weighted by Crippen LogP contribution is -2.31. The minimum absolute atomic E-state index is 0.286. The third-order valence-electron chi connectivity index (χ3n) is 4.98. The van der Waals surface area contributed by atoms with Gasteiger partial charge < -0.3 is 24.7 Å². The number of nitrogens with zero attached hydrogens (tertiary/aromatic N) is 3. The van der Waals surface area contributed by atoms with E-state index in [-0.39, 0.29) is 5.96 Å². The van der Waals surface area contributed by atoms with Crippen LogP contribution >= 0.6 is 0 Å². The lowest BCUT2D eigenvalue weighted by Gasteiger charge is -2.24. The summed E-state index contributed by atoms with van der Waals surface area (Å²) >= 11 is 0. The summed E-state index contributed by atoms with van der Waals surface area (Å²) in [5.41, 5.74) is 8.54. The number of aromatic nitrogens is 2. The number of methoxy groups -OCH3 is 2. The fourth-order valence-electron chi connectivity index (χ4n) is 3.63. The lowest BCUT2D eigenvalue weighted by atomic mass is 10.1. The minimum Gasteiger partial charge on any atom is -0.497 e. The van der Waals surface area contributed by atoms with E-state index in [0.29, 0.717) is 42.2 Å². The molecule has 5 rings (SSSR count).